The molecule has 0 spiro atoms. The summed E-state index contributed by atoms with van der Waals surface area (Å²) >= 11 is 0. The molecule has 3 aliphatic rings. The van der Waals surface area contributed by atoms with Crippen LogP contribution in [0.25, 0.3) is 0 Å². The molecule has 8 nitrogen and oxygen atoms in total. The Morgan fingerprint density at radius 3 is 2.52 bits per heavy atom. The van der Waals surface area contributed by atoms with Crippen LogP contribution in [-0.4, -0.2) is 82.8 Å². The molecule has 1 saturated carbocycles. The molecule has 0 radical (unpaired) electrons. The number of aliphatic hydroxyl groups is 4. The minimum atomic E-state index is -0.589. The van der Waals surface area contributed by atoms with Crippen LogP contribution in [0.1, 0.15) is 104 Å². The molecule has 11 atom stereocenters. The maximum atomic E-state index is 11.2. The largest absolute Gasteiger partial charge is 0.393 e. The molecule has 3 rings (SSSR count). The maximum Gasteiger partial charge on any atom is 0.137 e. The van der Waals surface area contributed by atoms with E-state index in [1.165, 1.54) is 6.42 Å². The molecule has 0 aromatic heterocycles. The number of hydrogen-bond donors (Lipinski definition) is 7. The van der Waals surface area contributed by atoms with Gasteiger partial charge in [0.2, 0.25) is 0 Å². The van der Waals surface area contributed by atoms with Crippen LogP contribution in [0.3, 0.4) is 0 Å². The molecule has 11 unspecified atom stereocenters. The molecule has 0 aromatic rings. The molecule has 40 heavy (non-hydrogen) atoms. The fourth-order valence-electron chi connectivity index (χ4n) is 7.13. The second-order valence-corrected chi connectivity index (χ2v) is 13.3. The van der Waals surface area contributed by atoms with E-state index in [-0.39, 0.29) is 24.3 Å². The molecular formula is C32H61N3O5+2. The van der Waals surface area contributed by atoms with Gasteiger partial charge < -0.3 is 35.8 Å². The SMILES string of the molecule is CCC1C#CCC(C(O)CCC2CCC(O)C(OCCCC3CC[NH2+]C(N)C3)C2)C(O)CCC([NH2+]CC(C)O)C1. The lowest BCUT2D eigenvalue weighted by atomic mass is 9.79. The van der Waals surface area contributed by atoms with Crippen molar-refractivity contribution in [2.75, 3.05) is 19.7 Å². The van der Waals surface area contributed by atoms with Crippen LogP contribution in [0.2, 0.25) is 0 Å². The lowest BCUT2D eigenvalue weighted by Crippen LogP contribution is -2.94. The minimum absolute atomic E-state index is 0.122. The third-order valence-electron chi connectivity index (χ3n) is 9.83. The van der Waals surface area contributed by atoms with Crippen LogP contribution in [0.4, 0.5) is 0 Å². The summed E-state index contributed by atoms with van der Waals surface area (Å²) in [5.41, 5.74) is 6.08. The van der Waals surface area contributed by atoms with E-state index in [0.29, 0.717) is 56.2 Å². The molecule has 232 valence electrons. The summed E-state index contributed by atoms with van der Waals surface area (Å²) in [6, 6.07) is 0.323. The Balaban J connectivity index is 1.44. The number of aliphatic hydroxyl groups excluding tert-OH is 4. The van der Waals surface area contributed by atoms with Gasteiger partial charge in [-0.15, -0.1) is 5.92 Å². The second-order valence-electron chi connectivity index (χ2n) is 13.3. The van der Waals surface area contributed by atoms with Gasteiger partial charge in [-0.2, -0.15) is 0 Å². The normalized spacial score (nSPS) is 37.2. The van der Waals surface area contributed by atoms with E-state index in [4.69, 9.17) is 10.5 Å². The molecule has 1 aliphatic heterocycles. The molecule has 2 aliphatic carbocycles. The van der Waals surface area contributed by atoms with E-state index < -0.39 is 18.3 Å². The molecule has 0 bridgehead atoms. The van der Waals surface area contributed by atoms with Crippen LogP contribution >= 0.6 is 0 Å². The first kappa shape index (κ1) is 33.7. The lowest BCUT2D eigenvalue weighted by Gasteiger charge is -2.34. The van der Waals surface area contributed by atoms with E-state index in [1.54, 1.807) is 0 Å². The van der Waals surface area contributed by atoms with Crippen molar-refractivity contribution in [1.82, 2.24) is 0 Å². The molecule has 0 amide bonds. The summed E-state index contributed by atoms with van der Waals surface area (Å²) in [5.74, 6) is 7.91. The Bertz CT molecular complexity index is 759. The first-order chi connectivity index (χ1) is 19.2. The molecule has 8 heteroatoms. The second kappa shape index (κ2) is 18.0. The standard InChI is InChI=1S/C32H59N3O5/c1-3-23-6-4-8-27(29(38)14-11-26(18-23)35-21-22(2)36)28(37)12-9-25-10-13-30(39)31(19-25)40-17-5-7-24-15-16-34-32(33)20-24/h22-32,34-39H,3,5,7-21,33H2,1-2H3/p+2. The molecule has 1 saturated heterocycles. The van der Waals surface area contributed by atoms with Gasteiger partial charge in [0.25, 0.3) is 0 Å². The summed E-state index contributed by atoms with van der Waals surface area (Å²) in [6.07, 6.45) is 10.7. The summed E-state index contributed by atoms with van der Waals surface area (Å²) in [5, 5.41) is 47.0. The maximum absolute atomic E-state index is 11.2. The van der Waals surface area contributed by atoms with Crippen molar-refractivity contribution >= 4 is 0 Å². The lowest BCUT2D eigenvalue weighted by molar-refractivity contribution is -0.699. The van der Waals surface area contributed by atoms with Crippen LogP contribution in [-0.2, 0) is 4.74 Å². The van der Waals surface area contributed by atoms with Crippen LogP contribution in [0.5, 0.6) is 0 Å². The van der Waals surface area contributed by atoms with E-state index in [2.05, 4.69) is 29.4 Å². The van der Waals surface area contributed by atoms with Gasteiger partial charge in [-0.05, 0) is 83.0 Å². The predicted octanol–water partition coefficient (Wildman–Crippen LogP) is 0.606. The van der Waals surface area contributed by atoms with Crippen LogP contribution in [0.15, 0.2) is 0 Å². The Morgan fingerprint density at radius 2 is 1.77 bits per heavy atom. The predicted molar refractivity (Wildman–Crippen MR) is 157 cm³/mol. The third-order valence-corrected chi connectivity index (χ3v) is 9.83. The highest BCUT2D eigenvalue weighted by atomic mass is 16.5. The minimum Gasteiger partial charge on any atom is -0.393 e. The van der Waals surface area contributed by atoms with Gasteiger partial charge in [-0.1, -0.05) is 12.8 Å². The van der Waals surface area contributed by atoms with E-state index >= 15 is 0 Å². The van der Waals surface area contributed by atoms with Gasteiger partial charge >= 0.3 is 0 Å². The number of rotatable bonds is 13. The highest BCUT2D eigenvalue weighted by Gasteiger charge is 2.33. The van der Waals surface area contributed by atoms with Gasteiger partial charge in [0, 0.05) is 44.1 Å². The summed E-state index contributed by atoms with van der Waals surface area (Å²) in [7, 11) is 0. The molecule has 0 aromatic carbocycles. The van der Waals surface area contributed by atoms with Crippen molar-refractivity contribution in [3.05, 3.63) is 0 Å². The van der Waals surface area contributed by atoms with E-state index in [9.17, 15) is 20.4 Å². The van der Waals surface area contributed by atoms with Gasteiger partial charge in [0.15, 0.2) is 0 Å². The molecule has 1 heterocycles. The smallest absolute Gasteiger partial charge is 0.137 e. The molecule has 10 N–H and O–H groups in total. The topological polar surface area (TPSA) is 149 Å². The van der Waals surface area contributed by atoms with Crippen molar-refractivity contribution in [2.24, 2.45) is 29.4 Å². The van der Waals surface area contributed by atoms with Gasteiger partial charge in [0.05, 0.1) is 43.1 Å². The Hall–Kier alpha value is -0.760. The number of nitrogens with two attached hydrogens (primary N) is 3. The van der Waals surface area contributed by atoms with E-state index in [0.717, 1.165) is 70.8 Å². The average molecular weight is 568 g/mol. The van der Waals surface area contributed by atoms with Crippen molar-refractivity contribution in [1.29, 1.82) is 0 Å². The molecular weight excluding hydrogens is 506 g/mol. The molecule has 2 fully saturated rings. The van der Waals surface area contributed by atoms with Gasteiger partial charge in [0.1, 0.15) is 12.7 Å². The quantitative estimate of drug-likeness (QED) is 0.128. The fraction of sp³-hybridized carbons (Fsp3) is 0.938. The zero-order valence-electron chi connectivity index (χ0n) is 25.3. The monoisotopic (exact) mass is 567 g/mol. The number of quaternary nitrogens is 2. The first-order valence-electron chi connectivity index (χ1n) is 16.5. The van der Waals surface area contributed by atoms with Gasteiger partial charge in [-0.25, -0.2) is 0 Å². The zero-order chi connectivity index (χ0) is 28.9. The number of hydrogen-bond acceptors (Lipinski definition) is 6. The third kappa shape index (κ3) is 11.9. The van der Waals surface area contributed by atoms with Crippen LogP contribution in [0, 0.1) is 35.5 Å². The zero-order valence-corrected chi connectivity index (χ0v) is 25.3. The summed E-state index contributed by atoms with van der Waals surface area (Å²) < 4.78 is 6.18. The van der Waals surface area contributed by atoms with Crippen molar-refractivity contribution in [3.63, 3.8) is 0 Å². The average Bonchev–Trinajstić information content (AvgIpc) is 2.93. The number of ether oxygens (including phenoxy) is 1. The highest BCUT2D eigenvalue weighted by molar-refractivity contribution is 5.06. The Morgan fingerprint density at radius 1 is 1.00 bits per heavy atom. The Labute approximate surface area is 243 Å². The fourth-order valence-corrected chi connectivity index (χ4v) is 7.13. The first-order valence-corrected chi connectivity index (χ1v) is 16.5. The number of piperidine rings is 1. The van der Waals surface area contributed by atoms with Crippen LogP contribution < -0.4 is 16.4 Å². The van der Waals surface area contributed by atoms with Crippen molar-refractivity contribution < 1.29 is 35.8 Å². The Kier molecular flexibility index (Phi) is 15.2. The van der Waals surface area contributed by atoms with Crippen molar-refractivity contribution in [2.45, 2.75) is 146 Å². The summed E-state index contributed by atoms with van der Waals surface area (Å²) in [6.45, 7) is 6.44. The highest BCUT2D eigenvalue weighted by Crippen LogP contribution is 2.32. The summed E-state index contributed by atoms with van der Waals surface area (Å²) in [4.78, 5) is 0. The van der Waals surface area contributed by atoms with E-state index in [1.807, 2.05) is 6.92 Å². The van der Waals surface area contributed by atoms with Gasteiger partial charge in [-0.3, -0.25) is 5.73 Å². The van der Waals surface area contributed by atoms with Crippen molar-refractivity contribution in [3.8, 4) is 11.8 Å².